The molecule has 1 aromatic rings. The number of nitrogens with zero attached hydrogens (tertiary/aromatic N) is 1. The molecule has 1 saturated heterocycles. The van der Waals surface area contributed by atoms with Crippen molar-refractivity contribution in [2.45, 2.75) is 6.92 Å². The maximum Gasteiger partial charge on any atom is 0.325 e. The van der Waals surface area contributed by atoms with Crippen molar-refractivity contribution < 1.29 is 33.3 Å². The fourth-order valence-corrected chi connectivity index (χ4v) is 3.13. The fraction of sp³-hybridized carbons (Fsp3) is 0.312. The van der Waals surface area contributed by atoms with Crippen LogP contribution >= 0.6 is 11.8 Å². The van der Waals surface area contributed by atoms with Gasteiger partial charge in [0.05, 0.1) is 18.6 Å². The molecule has 0 aliphatic carbocycles. The molecule has 0 aromatic heterocycles. The second-order valence-corrected chi connectivity index (χ2v) is 6.01. The number of esters is 1. The van der Waals surface area contributed by atoms with E-state index in [4.69, 9.17) is 14.2 Å². The van der Waals surface area contributed by atoms with E-state index in [9.17, 15) is 14.4 Å². The zero-order chi connectivity index (χ0) is 18.0. The van der Waals surface area contributed by atoms with Gasteiger partial charge in [0.25, 0.3) is 11.1 Å². The van der Waals surface area contributed by atoms with Gasteiger partial charge in [-0.3, -0.25) is 19.3 Å². The van der Waals surface area contributed by atoms with Crippen LogP contribution in [-0.2, 0) is 14.3 Å². The summed E-state index contributed by atoms with van der Waals surface area (Å²) in [6.45, 7) is 1.95. The highest BCUT2D eigenvalue weighted by molar-refractivity contribution is 8.18. The molecule has 2 heterocycles. The number of benzene rings is 1. The number of hydrogen-bond acceptors (Lipinski definition) is 8. The van der Waals surface area contributed by atoms with Gasteiger partial charge < -0.3 is 18.9 Å². The number of amides is 2. The van der Waals surface area contributed by atoms with E-state index in [1.807, 2.05) is 6.92 Å². The summed E-state index contributed by atoms with van der Waals surface area (Å²) in [5.41, 5.74) is 0.578. The van der Waals surface area contributed by atoms with Gasteiger partial charge in [-0.05, 0) is 30.8 Å². The summed E-state index contributed by atoms with van der Waals surface area (Å²) in [5.74, 6) is 0.372. The first-order valence-corrected chi connectivity index (χ1v) is 8.23. The minimum atomic E-state index is -0.665. The molecule has 9 heteroatoms. The van der Waals surface area contributed by atoms with Crippen LogP contribution in [0, 0.1) is 0 Å². The van der Waals surface area contributed by atoms with Crippen molar-refractivity contribution in [2.24, 2.45) is 0 Å². The van der Waals surface area contributed by atoms with Crippen LogP contribution in [0.1, 0.15) is 12.5 Å². The zero-order valence-corrected chi connectivity index (χ0v) is 14.4. The highest BCUT2D eigenvalue weighted by atomic mass is 32.2. The summed E-state index contributed by atoms with van der Waals surface area (Å²) >= 11 is 0.752. The molecule has 2 aliphatic heterocycles. The van der Waals surface area contributed by atoms with E-state index in [0.29, 0.717) is 29.4 Å². The summed E-state index contributed by atoms with van der Waals surface area (Å²) < 4.78 is 20.7. The SMILES string of the molecule is CCOc1cc2c(cc1/C=C1/SC(=O)N(CC(=O)OC)C1=O)OCO2. The summed E-state index contributed by atoms with van der Waals surface area (Å²) in [5, 5.41) is -0.527. The van der Waals surface area contributed by atoms with Gasteiger partial charge in [0.2, 0.25) is 6.79 Å². The van der Waals surface area contributed by atoms with E-state index in [-0.39, 0.29) is 11.7 Å². The molecular weight excluding hydrogens is 350 g/mol. The maximum atomic E-state index is 12.4. The van der Waals surface area contributed by atoms with Crippen molar-refractivity contribution in [1.82, 2.24) is 4.90 Å². The Balaban J connectivity index is 1.91. The number of thioether (sulfide) groups is 1. The standard InChI is InChI=1S/C16H15NO7S/c1-3-22-10-6-12-11(23-8-24-12)4-9(10)5-13-15(19)17(16(20)25-13)7-14(18)21-2/h4-6H,3,7-8H2,1-2H3/b13-5+. The maximum absolute atomic E-state index is 12.4. The molecule has 3 rings (SSSR count). The third-order valence-corrected chi connectivity index (χ3v) is 4.39. The predicted octanol–water partition coefficient (Wildman–Crippen LogP) is 2.02. The van der Waals surface area contributed by atoms with Crippen molar-refractivity contribution in [2.75, 3.05) is 27.1 Å². The van der Waals surface area contributed by atoms with Gasteiger partial charge >= 0.3 is 5.97 Å². The van der Waals surface area contributed by atoms with Crippen LogP contribution in [0.15, 0.2) is 17.0 Å². The van der Waals surface area contributed by atoms with Gasteiger partial charge in [0, 0.05) is 11.6 Å². The van der Waals surface area contributed by atoms with E-state index < -0.39 is 23.7 Å². The van der Waals surface area contributed by atoms with Crippen LogP contribution in [-0.4, -0.2) is 49.1 Å². The van der Waals surface area contributed by atoms with Gasteiger partial charge in [-0.25, -0.2) is 0 Å². The summed E-state index contributed by atoms with van der Waals surface area (Å²) in [4.78, 5) is 36.7. The minimum absolute atomic E-state index is 0.111. The number of carbonyl (C=O) groups is 3. The van der Waals surface area contributed by atoms with Crippen molar-refractivity contribution in [1.29, 1.82) is 0 Å². The monoisotopic (exact) mass is 365 g/mol. The summed E-state index contributed by atoms with van der Waals surface area (Å²) in [6.07, 6.45) is 1.54. The number of imide groups is 1. The van der Waals surface area contributed by atoms with Crippen molar-refractivity contribution in [3.63, 3.8) is 0 Å². The topological polar surface area (TPSA) is 91.4 Å². The molecule has 0 bridgehead atoms. The van der Waals surface area contributed by atoms with E-state index >= 15 is 0 Å². The van der Waals surface area contributed by atoms with Crippen LogP contribution in [0.4, 0.5) is 4.79 Å². The van der Waals surface area contributed by atoms with Crippen molar-refractivity contribution >= 4 is 35.0 Å². The Labute approximate surface area is 147 Å². The number of carbonyl (C=O) groups excluding carboxylic acids is 3. The van der Waals surface area contributed by atoms with Crippen molar-refractivity contribution in [3.05, 3.63) is 22.6 Å². The van der Waals surface area contributed by atoms with Crippen LogP contribution in [0.25, 0.3) is 6.08 Å². The Hall–Kier alpha value is -2.68. The lowest BCUT2D eigenvalue weighted by atomic mass is 10.1. The molecule has 132 valence electrons. The molecule has 8 nitrogen and oxygen atoms in total. The lowest BCUT2D eigenvalue weighted by Crippen LogP contribution is -2.34. The normalized spacial score (nSPS) is 17.4. The van der Waals surface area contributed by atoms with Gasteiger partial charge in [0.1, 0.15) is 12.3 Å². The zero-order valence-electron chi connectivity index (χ0n) is 13.6. The highest BCUT2D eigenvalue weighted by Crippen LogP contribution is 2.41. The van der Waals surface area contributed by atoms with Crippen LogP contribution < -0.4 is 14.2 Å². The minimum Gasteiger partial charge on any atom is -0.493 e. The Bertz CT molecular complexity index is 774. The number of ether oxygens (including phenoxy) is 4. The average Bonchev–Trinajstić information content (AvgIpc) is 3.14. The lowest BCUT2D eigenvalue weighted by Gasteiger charge is -2.10. The molecule has 1 aromatic carbocycles. The molecule has 25 heavy (non-hydrogen) atoms. The first-order valence-electron chi connectivity index (χ1n) is 7.42. The van der Waals surface area contributed by atoms with Crippen molar-refractivity contribution in [3.8, 4) is 17.2 Å². The number of hydrogen-bond donors (Lipinski definition) is 0. The number of fused-ring (bicyclic) bond motifs is 1. The molecule has 2 aliphatic rings. The van der Waals surface area contributed by atoms with Crippen LogP contribution in [0.3, 0.4) is 0 Å². The predicted molar refractivity (Wildman–Crippen MR) is 88.4 cm³/mol. The third-order valence-electron chi connectivity index (χ3n) is 3.48. The van der Waals surface area contributed by atoms with Gasteiger partial charge in [-0.1, -0.05) is 0 Å². The first kappa shape index (κ1) is 17.2. The van der Waals surface area contributed by atoms with Crippen LogP contribution in [0.2, 0.25) is 0 Å². The van der Waals surface area contributed by atoms with Crippen LogP contribution in [0.5, 0.6) is 17.2 Å². The molecule has 2 amide bonds. The third kappa shape index (κ3) is 3.41. The summed E-state index contributed by atoms with van der Waals surface area (Å²) in [6, 6.07) is 3.36. The van der Waals surface area contributed by atoms with Gasteiger partial charge in [0.15, 0.2) is 11.5 Å². The molecule has 0 N–H and O–H groups in total. The second kappa shape index (κ2) is 7.06. The quantitative estimate of drug-likeness (QED) is 0.578. The number of rotatable bonds is 5. The Morgan fingerprint density at radius 2 is 2.04 bits per heavy atom. The van der Waals surface area contributed by atoms with Gasteiger partial charge in [-0.2, -0.15) is 0 Å². The molecule has 1 fully saturated rings. The molecule has 0 saturated carbocycles. The number of methoxy groups -OCH3 is 1. The van der Waals surface area contributed by atoms with E-state index in [1.165, 1.54) is 13.2 Å². The lowest BCUT2D eigenvalue weighted by molar-refractivity contribution is -0.143. The molecule has 0 radical (unpaired) electrons. The Morgan fingerprint density at radius 3 is 2.72 bits per heavy atom. The van der Waals surface area contributed by atoms with E-state index in [0.717, 1.165) is 16.7 Å². The molecular formula is C16H15NO7S. The Morgan fingerprint density at radius 1 is 1.32 bits per heavy atom. The molecule has 0 unspecified atom stereocenters. The van der Waals surface area contributed by atoms with E-state index in [2.05, 4.69) is 4.74 Å². The molecule has 0 atom stereocenters. The fourth-order valence-electron chi connectivity index (χ4n) is 2.30. The van der Waals surface area contributed by atoms with E-state index in [1.54, 1.807) is 12.1 Å². The van der Waals surface area contributed by atoms with Gasteiger partial charge in [-0.15, -0.1) is 0 Å². The smallest absolute Gasteiger partial charge is 0.325 e. The highest BCUT2D eigenvalue weighted by Gasteiger charge is 2.36. The average molecular weight is 365 g/mol. The second-order valence-electron chi connectivity index (χ2n) is 5.02. The summed E-state index contributed by atoms with van der Waals surface area (Å²) in [7, 11) is 1.19. The Kier molecular flexibility index (Phi) is 4.84. The molecule has 0 spiro atoms. The largest absolute Gasteiger partial charge is 0.493 e. The first-order chi connectivity index (χ1) is 12.0.